The van der Waals surface area contributed by atoms with E-state index < -0.39 is 0 Å². The van der Waals surface area contributed by atoms with Crippen LogP contribution in [0.4, 0.5) is 5.69 Å². The van der Waals surface area contributed by atoms with Crippen molar-refractivity contribution >= 4 is 17.5 Å². The maximum atomic E-state index is 12.4. The van der Waals surface area contributed by atoms with E-state index in [1.807, 2.05) is 42.5 Å². The molecular formula is C15H16N2O2. The van der Waals surface area contributed by atoms with E-state index in [4.69, 9.17) is 5.73 Å². The average Bonchev–Trinajstić information content (AvgIpc) is 2.99. The Kier molecular flexibility index (Phi) is 2.85. The molecule has 0 heterocycles. The number of fused-ring (bicyclic) bond motifs is 2. The smallest absolute Gasteiger partial charge is 0.228 e. The molecule has 4 nitrogen and oxygen atoms in total. The summed E-state index contributed by atoms with van der Waals surface area (Å²) in [4.78, 5) is 23.9. The highest BCUT2D eigenvalue weighted by atomic mass is 16.2. The van der Waals surface area contributed by atoms with Crippen molar-refractivity contribution in [1.29, 1.82) is 0 Å². The van der Waals surface area contributed by atoms with Crippen molar-refractivity contribution in [2.24, 2.45) is 29.4 Å². The van der Waals surface area contributed by atoms with Crippen LogP contribution in [-0.2, 0) is 9.59 Å². The number of benzene rings is 1. The molecule has 0 aliphatic heterocycles. The van der Waals surface area contributed by atoms with E-state index in [2.05, 4.69) is 5.32 Å². The summed E-state index contributed by atoms with van der Waals surface area (Å²) >= 11 is 0. The summed E-state index contributed by atoms with van der Waals surface area (Å²) in [5, 5.41) is 2.87. The molecule has 1 aromatic rings. The van der Waals surface area contributed by atoms with E-state index in [-0.39, 0.29) is 35.5 Å². The zero-order valence-electron chi connectivity index (χ0n) is 10.5. The Balaban J connectivity index is 1.79. The van der Waals surface area contributed by atoms with Crippen LogP contribution in [0.2, 0.25) is 0 Å². The van der Waals surface area contributed by atoms with Gasteiger partial charge < -0.3 is 11.1 Å². The molecule has 1 fully saturated rings. The number of carbonyl (C=O) groups excluding carboxylic acids is 2. The molecule has 2 aliphatic carbocycles. The third-order valence-electron chi connectivity index (χ3n) is 4.13. The lowest BCUT2D eigenvalue weighted by Crippen LogP contribution is -2.39. The van der Waals surface area contributed by atoms with Gasteiger partial charge in [-0.1, -0.05) is 30.4 Å². The second-order valence-electron chi connectivity index (χ2n) is 5.26. The van der Waals surface area contributed by atoms with Crippen LogP contribution in [0.15, 0.2) is 42.5 Å². The molecule has 1 aromatic carbocycles. The number of hydrogen-bond donors (Lipinski definition) is 2. The molecule has 0 aromatic heterocycles. The number of nitrogens with one attached hydrogen (secondary N) is 1. The number of allylic oxidation sites excluding steroid dienone is 2. The van der Waals surface area contributed by atoms with Crippen LogP contribution < -0.4 is 11.1 Å². The van der Waals surface area contributed by atoms with Gasteiger partial charge in [0.25, 0.3) is 0 Å². The Hall–Kier alpha value is -2.10. The van der Waals surface area contributed by atoms with Crippen LogP contribution in [-0.4, -0.2) is 11.8 Å². The fourth-order valence-electron chi connectivity index (χ4n) is 3.31. The van der Waals surface area contributed by atoms with E-state index in [0.29, 0.717) is 0 Å². The van der Waals surface area contributed by atoms with Gasteiger partial charge in [-0.05, 0) is 30.4 Å². The van der Waals surface area contributed by atoms with Gasteiger partial charge in [0.1, 0.15) is 0 Å². The number of carbonyl (C=O) groups is 2. The van der Waals surface area contributed by atoms with Crippen LogP contribution in [0.1, 0.15) is 6.42 Å². The van der Waals surface area contributed by atoms with Gasteiger partial charge in [0.2, 0.25) is 11.8 Å². The molecule has 19 heavy (non-hydrogen) atoms. The second-order valence-corrected chi connectivity index (χ2v) is 5.26. The number of anilines is 1. The summed E-state index contributed by atoms with van der Waals surface area (Å²) in [5.41, 5.74) is 6.21. The van der Waals surface area contributed by atoms with E-state index in [1.165, 1.54) is 0 Å². The Morgan fingerprint density at radius 3 is 2.32 bits per heavy atom. The summed E-state index contributed by atoms with van der Waals surface area (Å²) in [6.45, 7) is 0. The lowest BCUT2D eigenvalue weighted by atomic mass is 9.82. The minimum atomic E-state index is -0.370. The standard InChI is InChI=1S/C15H16N2O2/c16-14(18)12-9-6-7-10(8-9)13(12)15(19)17-11-4-2-1-3-5-11/h1-7,9-10,12-13H,8H2,(H2,16,18)(H,17,19). The Morgan fingerprint density at radius 1 is 1.05 bits per heavy atom. The minimum Gasteiger partial charge on any atom is -0.369 e. The molecule has 2 amide bonds. The van der Waals surface area contributed by atoms with Gasteiger partial charge in [-0.3, -0.25) is 9.59 Å². The van der Waals surface area contributed by atoms with Crippen molar-refractivity contribution in [2.45, 2.75) is 6.42 Å². The molecule has 3 N–H and O–H groups in total. The summed E-state index contributed by atoms with van der Waals surface area (Å²) < 4.78 is 0. The highest BCUT2D eigenvalue weighted by molar-refractivity contribution is 5.97. The van der Waals surface area contributed by atoms with Gasteiger partial charge in [0.15, 0.2) is 0 Å². The number of para-hydroxylation sites is 1. The predicted octanol–water partition coefficient (Wildman–Crippen LogP) is 1.55. The second kappa shape index (κ2) is 4.53. The molecule has 98 valence electrons. The molecule has 4 unspecified atom stereocenters. The first kappa shape index (κ1) is 12.0. The molecule has 2 aliphatic rings. The molecule has 2 bridgehead atoms. The topological polar surface area (TPSA) is 72.2 Å². The summed E-state index contributed by atoms with van der Waals surface area (Å²) in [7, 11) is 0. The number of primary amides is 1. The van der Waals surface area contributed by atoms with Crippen LogP contribution in [0, 0.1) is 23.7 Å². The first-order valence-corrected chi connectivity index (χ1v) is 6.50. The van der Waals surface area contributed by atoms with Gasteiger partial charge in [-0.25, -0.2) is 0 Å². The number of hydrogen-bond acceptors (Lipinski definition) is 2. The normalized spacial score (nSPS) is 31.4. The highest BCUT2D eigenvalue weighted by Crippen LogP contribution is 2.48. The van der Waals surface area contributed by atoms with Gasteiger partial charge in [-0.2, -0.15) is 0 Å². The maximum absolute atomic E-state index is 12.4. The number of nitrogens with two attached hydrogens (primary N) is 1. The van der Waals surface area contributed by atoms with Crippen molar-refractivity contribution in [3.8, 4) is 0 Å². The van der Waals surface area contributed by atoms with E-state index >= 15 is 0 Å². The van der Waals surface area contributed by atoms with Gasteiger partial charge in [-0.15, -0.1) is 0 Å². The van der Waals surface area contributed by atoms with Crippen LogP contribution in [0.5, 0.6) is 0 Å². The summed E-state index contributed by atoms with van der Waals surface area (Å²) in [5.74, 6) is -0.886. The molecule has 0 saturated heterocycles. The highest BCUT2D eigenvalue weighted by Gasteiger charge is 2.50. The minimum absolute atomic E-state index is 0.105. The molecule has 1 saturated carbocycles. The molecule has 0 radical (unpaired) electrons. The third kappa shape index (κ3) is 2.03. The van der Waals surface area contributed by atoms with Gasteiger partial charge in [0, 0.05) is 5.69 Å². The lowest BCUT2D eigenvalue weighted by molar-refractivity contribution is -0.130. The van der Waals surface area contributed by atoms with Crippen molar-refractivity contribution in [2.75, 3.05) is 5.32 Å². The SMILES string of the molecule is NC(=O)C1C2C=CC(C2)C1C(=O)Nc1ccccc1. The van der Waals surface area contributed by atoms with Crippen molar-refractivity contribution in [3.63, 3.8) is 0 Å². The van der Waals surface area contributed by atoms with Crippen LogP contribution >= 0.6 is 0 Å². The van der Waals surface area contributed by atoms with E-state index in [1.54, 1.807) is 0 Å². The molecule has 4 atom stereocenters. The quantitative estimate of drug-likeness (QED) is 0.805. The fraction of sp³-hybridized carbons (Fsp3) is 0.333. The molecule has 3 rings (SSSR count). The molecule has 4 heteroatoms. The zero-order chi connectivity index (χ0) is 13.4. The van der Waals surface area contributed by atoms with Crippen molar-refractivity contribution in [1.82, 2.24) is 0 Å². The average molecular weight is 256 g/mol. The first-order chi connectivity index (χ1) is 9.16. The summed E-state index contributed by atoms with van der Waals surface area (Å²) in [6.07, 6.45) is 4.92. The lowest BCUT2D eigenvalue weighted by Gasteiger charge is -2.24. The van der Waals surface area contributed by atoms with E-state index in [0.717, 1.165) is 12.1 Å². The zero-order valence-corrected chi connectivity index (χ0v) is 10.5. The van der Waals surface area contributed by atoms with Crippen molar-refractivity contribution in [3.05, 3.63) is 42.5 Å². The molecule has 0 spiro atoms. The monoisotopic (exact) mass is 256 g/mol. The van der Waals surface area contributed by atoms with E-state index in [9.17, 15) is 9.59 Å². The fourth-order valence-corrected chi connectivity index (χ4v) is 3.31. The van der Waals surface area contributed by atoms with Crippen LogP contribution in [0.3, 0.4) is 0 Å². The third-order valence-corrected chi connectivity index (χ3v) is 4.13. The molecular weight excluding hydrogens is 240 g/mol. The maximum Gasteiger partial charge on any atom is 0.228 e. The summed E-state index contributed by atoms with van der Waals surface area (Å²) in [6, 6.07) is 9.28. The Bertz CT molecular complexity index is 538. The Labute approximate surface area is 111 Å². The van der Waals surface area contributed by atoms with Gasteiger partial charge >= 0.3 is 0 Å². The number of amides is 2. The van der Waals surface area contributed by atoms with Gasteiger partial charge in [0.05, 0.1) is 11.8 Å². The largest absolute Gasteiger partial charge is 0.369 e. The van der Waals surface area contributed by atoms with Crippen LogP contribution in [0.25, 0.3) is 0 Å². The predicted molar refractivity (Wildman–Crippen MR) is 72.0 cm³/mol. The number of rotatable bonds is 3. The Morgan fingerprint density at radius 2 is 1.68 bits per heavy atom. The van der Waals surface area contributed by atoms with Crippen molar-refractivity contribution < 1.29 is 9.59 Å². The first-order valence-electron chi connectivity index (χ1n) is 6.50.